The Bertz CT molecular complexity index is 1000. The van der Waals surface area contributed by atoms with E-state index in [-0.39, 0.29) is 17.3 Å². The van der Waals surface area contributed by atoms with Gasteiger partial charge in [0.25, 0.3) is 5.56 Å². The highest BCUT2D eigenvalue weighted by Crippen LogP contribution is 2.35. The van der Waals surface area contributed by atoms with Gasteiger partial charge in [-0.3, -0.25) is 9.48 Å². The molecule has 0 aliphatic carbocycles. The van der Waals surface area contributed by atoms with Crippen LogP contribution in [-0.4, -0.2) is 14.3 Å². The number of hydrogen-bond donors (Lipinski definition) is 0. The molecule has 4 nitrogen and oxygen atoms in total. The van der Waals surface area contributed by atoms with Crippen LogP contribution in [0.1, 0.15) is 6.92 Å². The van der Waals surface area contributed by atoms with E-state index < -0.39 is 28.6 Å². The molecule has 0 N–H and O–H groups in total. The number of rotatable bonds is 3. The van der Waals surface area contributed by atoms with E-state index in [0.29, 0.717) is 23.4 Å². The third-order valence-electron chi connectivity index (χ3n) is 3.90. The maximum atomic E-state index is 14.4. The summed E-state index contributed by atoms with van der Waals surface area (Å²) in [6.07, 6.45) is 1.51. The zero-order valence-corrected chi connectivity index (χ0v) is 14.1. The number of hydrogen-bond acceptors (Lipinski definition) is 2. The lowest BCUT2D eigenvalue weighted by atomic mass is 10.0. The van der Waals surface area contributed by atoms with Crippen LogP contribution in [0.4, 0.5) is 13.2 Å². The second-order valence-electron chi connectivity index (χ2n) is 5.39. The van der Waals surface area contributed by atoms with Crippen LogP contribution in [-0.2, 0) is 13.6 Å². The smallest absolute Gasteiger partial charge is 0.269 e. The van der Waals surface area contributed by atoms with Gasteiger partial charge in [0.1, 0.15) is 22.5 Å². The van der Waals surface area contributed by atoms with E-state index >= 15 is 0 Å². The van der Waals surface area contributed by atoms with Crippen molar-refractivity contribution < 1.29 is 13.2 Å². The molecule has 0 amide bonds. The Labute approximate surface area is 146 Å². The Morgan fingerprint density at radius 3 is 2.32 bits per heavy atom. The molecule has 2 heterocycles. The lowest BCUT2D eigenvalue weighted by Crippen LogP contribution is -2.23. The fourth-order valence-electron chi connectivity index (χ4n) is 2.81. The van der Waals surface area contributed by atoms with Crippen molar-refractivity contribution >= 4 is 11.6 Å². The maximum absolute atomic E-state index is 14.4. The van der Waals surface area contributed by atoms with Gasteiger partial charge in [-0.2, -0.15) is 5.10 Å². The summed E-state index contributed by atoms with van der Waals surface area (Å²) in [5, 5.41) is 3.94. The number of nitrogens with zero attached hydrogens (tertiary/aromatic N) is 3. The lowest BCUT2D eigenvalue weighted by molar-refractivity contribution is 0.545. The molecule has 0 saturated carbocycles. The molecule has 0 fully saturated rings. The van der Waals surface area contributed by atoms with Crippen molar-refractivity contribution in [3.63, 3.8) is 0 Å². The Hall–Kier alpha value is -2.54. The van der Waals surface area contributed by atoms with Gasteiger partial charge >= 0.3 is 0 Å². The Balaban J connectivity index is 2.50. The normalized spacial score (nSPS) is 11.1. The molecule has 130 valence electrons. The summed E-state index contributed by atoms with van der Waals surface area (Å²) < 4.78 is 44.8. The molecule has 2 aromatic heterocycles. The van der Waals surface area contributed by atoms with Crippen LogP contribution in [0, 0.1) is 17.5 Å². The molecule has 0 aliphatic rings. The summed E-state index contributed by atoms with van der Waals surface area (Å²) in [6.45, 7) is 1.77. The van der Waals surface area contributed by atoms with Crippen molar-refractivity contribution in [1.29, 1.82) is 0 Å². The zero-order chi connectivity index (χ0) is 18.3. The number of aryl methyl sites for hydroxylation is 1. The molecule has 3 rings (SSSR count). The largest absolute Gasteiger partial charge is 0.306 e. The molecule has 1 aromatic carbocycles. The van der Waals surface area contributed by atoms with Crippen LogP contribution >= 0.6 is 11.6 Å². The lowest BCUT2D eigenvalue weighted by Gasteiger charge is -2.18. The van der Waals surface area contributed by atoms with E-state index in [1.807, 2.05) is 0 Å². The van der Waals surface area contributed by atoms with Gasteiger partial charge < -0.3 is 4.57 Å². The quantitative estimate of drug-likeness (QED) is 0.701. The van der Waals surface area contributed by atoms with Gasteiger partial charge in [-0.25, -0.2) is 13.2 Å². The second-order valence-corrected chi connectivity index (χ2v) is 5.80. The predicted octanol–water partition coefficient (Wildman–Crippen LogP) is 4.01. The molecule has 0 spiro atoms. The second kappa shape index (κ2) is 6.40. The molecule has 0 unspecified atom stereocenters. The van der Waals surface area contributed by atoms with Crippen LogP contribution in [0.25, 0.3) is 22.5 Å². The van der Waals surface area contributed by atoms with Gasteiger partial charge in [0, 0.05) is 37.5 Å². The zero-order valence-electron chi connectivity index (χ0n) is 13.4. The summed E-state index contributed by atoms with van der Waals surface area (Å²) in [6, 6.07) is 4.11. The molecule has 0 radical (unpaired) electrons. The van der Waals surface area contributed by atoms with Crippen LogP contribution < -0.4 is 5.56 Å². The van der Waals surface area contributed by atoms with E-state index in [1.165, 1.54) is 16.9 Å². The van der Waals surface area contributed by atoms with Crippen LogP contribution in [0.2, 0.25) is 5.02 Å². The summed E-state index contributed by atoms with van der Waals surface area (Å²) in [4.78, 5) is 12.4. The highest BCUT2D eigenvalue weighted by Gasteiger charge is 2.24. The van der Waals surface area contributed by atoms with Gasteiger partial charge in [-0.15, -0.1) is 0 Å². The molecule has 0 bridgehead atoms. The molecular weight excluding hydrogens is 355 g/mol. The SMILES string of the molecule is CCn1c(-c2c(F)cc(F)cc2F)c(-c2ccnn2C)cc(Cl)c1=O. The van der Waals surface area contributed by atoms with Crippen molar-refractivity contribution in [3.05, 3.63) is 63.3 Å². The van der Waals surface area contributed by atoms with Gasteiger partial charge in [-0.1, -0.05) is 11.6 Å². The first-order chi connectivity index (χ1) is 11.8. The number of halogens is 4. The molecule has 0 aliphatic heterocycles. The van der Waals surface area contributed by atoms with Crippen molar-refractivity contribution in [2.24, 2.45) is 7.05 Å². The summed E-state index contributed by atoms with van der Waals surface area (Å²) in [5.74, 6) is -3.25. The maximum Gasteiger partial charge on any atom is 0.269 e. The molecule has 3 aromatic rings. The monoisotopic (exact) mass is 367 g/mol. The first-order valence-electron chi connectivity index (χ1n) is 7.41. The number of pyridine rings is 1. The average molecular weight is 368 g/mol. The topological polar surface area (TPSA) is 39.8 Å². The third-order valence-corrected chi connectivity index (χ3v) is 4.17. The number of benzene rings is 1. The van der Waals surface area contributed by atoms with E-state index in [0.717, 1.165) is 4.57 Å². The number of aromatic nitrogens is 3. The fraction of sp³-hybridized carbons (Fsp3) is 0.176. The van der Waals surface area contributed by atoms with Crippen LogP contribution in [0.15, 0.2) is 35.3 Å². The van der Waals surface area contributed by atoms with Gasteiger partial charge in [0.2, 0.25) is 0 Å². The van der Waals surface area contributed by atoms with Crippen LogP contribution in [0.3, 0.4) is 0 Å². The third kappa shape index (κ3) is 2.84. The Morgan fingerprint density at radius 1 is 1.16 bits per heavy atom. The molecule has 0 atom stereocenters. The average Bonchev–Trinajstić information content (AvgIpc) is 2.95. The molecule has 0 saturated heterocycles. The molecule has 8 heteroatoms. The van der Waals surface area contributed by atoms with Crippen molar-refractivity contribution in [2.75, 3.05) is 0 Å². The highest BCUT2D eigenvalue weighted by molar-refractivity contribution is 6.30. The van der Waals surface area contributed by atoms with E-state index in [4.69, 9.17) is 11.6 Å². The minimum absolute atomic E-state index is 0.0181. The first-order valence-corrected chi connectivity index (χ1v) is 7.79. The standard InChI is InChI=1S/C17H13ClF3N3O/c1-3-24-16(15-12(20)6-9(19)7-13(15)21)10(8-11(18)17(24)25)14-4-5-22-23(14)2/h4-8H,3H2,1-2H3. The Morgan fingerprint density at radius 2 is 1.80 bits per heavy atom. The summed E-state index contributed by atoms with van der Waals surface area (Å²) >= 11 is 6.02. The molecule has 25 heavy (non-hydrogen) atoms. The first kappa shape index (κ1) is 17.3. The summed E-state index contributed by atoms with van der Waals surface area (Å²) in [5.41, 5.74) is -0.282. The van der Waals surface area contributed by atoms with E-state index in [1.54, 1.807) is 20.0 Å². The van der Waals surface area contributed by atoms with Gasteiger partial charge in [0.05, 0.1) is 17.0 Å². The van der Waals surface area contributed by atoms with Gasteiger partial charge in [-0.05, 0) is 19.1 Å². The van der Waals surface area contributed by atoms with Crippen molar-refractivity contribution in [3.8, 4) is 22.5 Å². The van der Waals surface area contributed by atoms with Gasteiger partial charge in [0.15, 0.2) is 0 Å². The molecular formula is C17H13ClF3N3O. The van der Waals surface area contributed by atoms with E-state index in [2.05, 4.69) is 5.10 Å². The predicted molar refractivity (Wildman–Crippen MR) is 88.9 cm³/mol. The Kier molecular flexibility index (Phi) is 4.43. The minimum Gasteiger partial charge on any atom is -0.306 e. The minimum atomic E-state index is -1.11. The highest BCUT2D eigenvalue weighted by atomic mass is 35.5. The van der Waals surface area contributed by atoms with Crippen molar-refractivity contribution in [2.45, 2.75) is 13.5 Å². The van der Waals surface area contributed by atoms with Crippen LogP contribution in [0.5, 0.6) is 0 Å². The van der Waals surface area contributed by atoms with E-state index in [9.17, 15) is 18.0 Å². The van der Waals surface area contributed by atoms with Crippen molar-refractivity contribution in [1.82, 2.24) is 14.3 Å². The fourth-order valence-corrected chi connectivity index (χ4v) is 3.02. The summed E-state index contributed by atoms with van der Waals surface area (Å²) in [7, 11) is 1.64.